The second kappa shape index (κ2) is 6.50. The first-order valence-corrected chi connectivity index (χ1v) is 9.17. The lowest BCUT2D eigenvalue weighted by molar-refractivity contribution is 0.589. The van der Waals surface area contributed by atoms with E-state index in [1.54, 1.807) is 12.1 Å². The molecule has 0 spiro atoms. The molecule has 4 heteroatoms. The van der Waals surface area contributed by atoms with Crippen LogP contribution >= 0.6 is 11.6 Å². The monoisotopic (exact) mass is 379 g/mol. The molecule has 2 nitrogen and oxygen atoms in total. The molecule has 136 valence electrons. The van der Waals surface area contributed by atoms with E-state index in [9.17, 15) is 4.39 Å². The molecule has 0 saturated heterocycles. The Morgan fingerprint density at radius 1 is 0.963 bits per heavy atom. The first-order valence-electron chi connectivity index (χ1n) is 8.79. The second-order valence-corrected chi connectivity index (χ2v) is 8.01. The Balaban J connectivity index is 2.05. The van der Waals surface area contributed by atoms with Crippen molar-refractivity contribution in [2.45, 2.75) is 26.2 Å². The van der Waals surface area contributed by atoms with Crippen LogP contribution in [0.5, 0.6) is 0 Å². The Labute approximate surface area is 162 Å². The van der Waals surface area contributed by atoms with E-state index in [0.29, 0.717) is 33.1 Å². The Morgan fingerprint density at radius 2 is 1.70 bits per heavy atom. The number of aromatic nitrogens is 1. The SMILES string of the molecule is CC(C)(C)c1cc(-c2c(F)cccc2Cl)c2oc(-c3ccccc3)nc2c1. The van der Waals surface area contributed by atoms with Crippen molar-refractivity contribution < 1.29 is 8.81 Å². The van der Waals surface area contributed by atoms with E-state index in [1.165, 1.54) is 6.07 Å². The molecular weight excluding hydrogens is 361 g/mol. The van der Waals surface area contributed by atoms with Crippen LogP contribution in [0, 0.1) is 5.82 Å². The van der Waals surface area contributed by atoms with Gasteiger partial charge in [0, 0.05) is 16.7 Å². The summed E-state index contributed by atoms with van der Waals surface area (Å²) in [5.74, 6) is 0.123. The third-order valence-corrected chi connectivity index (χ3v) is 4.92. The van der Waals surface area contributed by atoms with Crippen LogP contribution in [-0.2, 0) is 5.41 Å². The number of rotatable bonds is 2. The molecular formula is C23H19ClFNO. The summed E-state index contributed by atoms with van der Waals surface area (Å²) in [7, 11) is 0. The van der Waals surface area contributed by atoms with Gasteiger partial charge in [-0.3, -0.25) is 0 Å². The lowest BCUT2D eigenvalue weighted by Gasteiger charge is -2.20. The molecule has 0 aliphatic rings. The van der Waals surface area contributed by atoms with Gasteiger partial charge in [-0.2, -0.15) is 0 Å². The zero-order valence-electron chi connectivity index (χ0n) is 15.4. The second-order valence-electron chi connectivity index (χ2n) is 7.60. The summed E-state index contributed by atoms with van der Waals surface area (Å²) in [6, 6.07) is 18.3. The molecule has 0 radical (unpaired) electrons. The highest BCUT2D eigenvalue weighted by molar-refractivity contribution is 6.33. The highest BCUT2D eigenvalue weighted by atomic mass is 35.5. The molecule has 0 amide bonds. The van der Waals surface area contributed by atoms with Crippen molar-refractivity contribution in [1.29, 1.82) is 0 Å². The van der Waals surface area contributed by atoms with Gasteiger partial charge in [0.05, 0.1) is 5.02 Å². The molecule has 0 unspecified atom stereocenters. The van der Waals surface area contributed by atoms with E-state index < -0.39 is 0 Å². The highest BCUT2D eigenvalue weighted by Gasteiger charge is 2.23. The van der Waals surface area contributed by atoms with Crippen molar-refractivity contribution in [3.05, 3.63) is 77.1 Å². The minimum atomic E-state index is -0.382. The van der Waals surface area contributed by atoms with Crippen molar-refractivity contribution >= 4 is 22.7 Å². The molecule has 0 aliphatic heterocycles. The molecule has 0 N–H and O–H groups in total. The summed E-state index contributed by atoms with van der Waals surface area (Å²) >= 11 is 6.35. The maximum absolute atomic E-state index is 14.7. The van der Waals surface area contributed by atoms with Gasteiger partial charge in [-0.05, 0) is 47.4 Å². The van der Waals surface area contributed by atoms with Gasteiger partial charge in [0.15, 0.2) is 5.58 Å². The van der Waals surface area contributed by atoms with Gasteiger partial charge in [0.2, 0.25) is 5.89 Å². The summed E-state index contributed by atoms with van der Waals surface area (Å²) < 4.78 is 20.8. The van der Waals surface area contributed by atoms with Gasteiger partial charge >= 0.3 is 0 Å². The average molecular weight is 380 g/mol. The Hall–Kier alpha value is -2.65. The average Bonchev–Trinajstić information content (AvgIpc) is 3.06. The summed E-state index contributed by atoms with van der Waals surface area (Å²) in [5.41, 5.74) is 3.96. The fraction of sp³-hybridized carbons (Fsp3) is 0.174. The summed E-state index contributed by atoms with van der Waals surface area (Å²) in [6.07, 6.45) is 0. The van der Waals surface area contributed by atoms with Gasteiger partial charge in [0.1, 0.15) is 11.3 Å². The van der Waals surface area contributed by atoms with Crippen molar-refractivity contribution in [1.82, 2.24) is 4.98 Å². The smallest absolute Gasteiger partial charge is 0.227 e. The number of fused-ring (bicyclic) bond motifs is 1. The molecule has 27 heavy (non-hydrogen) atoms. The van der Waals surface area contributed by atoms with Crippen LogP contribution in [0.3, 0.4) is 0 Å². The Kier molecular flexibility index (Phi) is 4.27. The minimum absolute atomic E-state index is 0.132. The summed E-state index contributed by atoms with van der Waals surface area (Å²) in [6.45, 7) is 6.33. The van der Waals surface area contributed by atoms with E-state index in [0.717, 1.165) is 11.1 Å². The number of benzene rings is 3. The van der Waals surface area contributed by atoms with Gasteiger partial charge in [-0.25, -0.2) is 9.37 Å². The third-order valence-electron chi connectivity index (χ3n) is 4.61. The third kappa shape index (κ3) is 3.24. The fourth-order valence-electron chi connectivity index (χ4n) is 3.11. The van der Waals surface area contributed by atoms with Crippen molar-refractivity contribution in [2.75, 3.05) is 0 Å². The normalized spacial score (nSPS) is 11.9. The standard InChI is InChI=1S/C23H19ClFNO/c1-23(2,3)15-12-16(20-17(24)10-7-11-18(20)25)21-19(13-15)26-22(27-21)14-8-5-4-6-9-14/h4-13H,1-3H3. The van der Waals surface area contributed by atoms with Crippen LogP contribution in [0.15, 0.2) is 65.1 Å². The number of hydrogen-bond acceptors (Lipinski definition) is 2. The molecule has 0 fully saturated rings. The first-order chi connectivity index (χ1) is 12.8. The van der Waals surface area contributed by atoms with Gasteiger partial charge < -0.3 is 4.42 Å². The number of hydrogen-bond donors (Lipinski definition) is 0. The molecule has 1 heterocycles. The predicted octanol–water partition coefficient (Wildman–Crippen LogP) is 7.25. The molecule has 0 aliphatic carbocycles. The quantitative estimate of drug-likeness (QED) is 0.366. The number of halogens is 2. The molecule has 3 aromatic carbocycles. The van der Waals surface area contributed by atoms with Crippen LogP contribution in [0.2, 0.25) is 5.02 Å². The van der Waals surface area contributed by atoms with Crippen molar-refractivity contribution in [3.8, 4) is 22.6 Å². The van der Waals surface area contributed by atoms with E-state index in [1.807, 2.05) is 42.5 Å². The van der Waals surface area contributed by atoms with Gasteiger partial charge in [-0.1, -0.05) is 56.6 Å². The van der Waals surface area contributed by atoms with E-state index >= 15 is 0 Å². The zero-order valence-corrected chi connectivity index (χ0v) is 16.1. The molecule has 1 aromatic heterocycles. The van der Waals surface area contributed by atoms with E-state index in [4.69, 9.17) is 16.0 Å². The van der Waals surface area contributed by atoms with Crippen LogP contribution in [0.1, 0.15) is 26.3 Å². The summed E-state index contributed by atoms with van der Waals surface area (Å²) in [5, 5.41) is 0.347. The highest BCUT2D eigenvalue weighted by Crippen LogP contribution is 2.40. The molecule has 0 saturated carbocycles. The molecule has 4 rings (SSSR count). The van der Waals surface area contributed by atoms with Gasteiger partial charge in [0.25, 0.3) is 0 Å². The Bertz CT molecular complexity index is 1110. The van der Waals surface area contributed by atoms with E-state index in [-0.39, 0.29) is 11.2 Å². The summed E-state index contributed by atoms with van der Waals surface area (Å²) in [4.78, 5) is 4.67. The zero-order chi connectivity index (χ0) is 19.2. The minimum Gasteiger partial charge on any atom is -0.435 e. The maximum atomic E-state index is 14.7. The first kappa shape index (κ1) is 17.7. The van der Waals surface area contributed by atoms with E-state index in [2.05, 4.69) is 25.8 Å². The van der Waals surface area contributed by atoms with Crippen LogP contribution in [0.25, 0.3) is 33.7 Å². The lowest BCUT2D eigenvalue weighted by atomic mass is 9.85. The van der Waals surface area contributed by atoms with Crippen LogP contribution in [0.4, 0.5) is 4.39 Å². The Morgan fingerprint density at radius 3 is 2.37 bits per heavy atom. The topological polar surface area (TPSA) is 26.0 Å². The largest absolute Gasteiger partial charge is 0.435 e. The molecule has 4 aromatic rings. The number of nitrogens with zero attached hydrogens (tertiary/aromatic N) is 1. The predicted molar refractivity (Wildman–Crippen MR) is 109 cm³/mol. The van der Waals surface area contributed by atoms with Crippen LogP contribution < -0.4 is 0 Å². The maximum Gasteiger partial charge on any atom is 0.227 e. The number of oxazole rings is 1. The molecule has 0 bridgehead atoms. The van der Waals surface area contributed by atoms with Gasteiger partial charge in [-0.15, -0.1) is 0 Å². The molecule has 0 atom stereocenters. The van der Waals surface area contributed by atoms with Crippen LogP contribution in [-0.4, -0.2) is 4.98 Å². The fourth-order valence-corrected chi connectivity index (χ4v) is 3.38. The van der Waals surface area contributed by atoms with Crippen molar-refractivity contribution in [2.24, 2.45) is 0 Å². The van der Waals surface area contributed by atoms with Crippen molar-refractivity contribution in [3.63, 3.8) is 0 Å². The lowest BCUT2D eigenvalue weighted by Crippen LogP contribution is -2.11.